The van der Waals surface area contributed by atoms with Gasteiger partial charge < -0.3 is 34.6 Å². The highest BCUT2D eigenvalue weighted by molar-refractivity contribution is 7.46. The van der Waals surface area contributed by atoms with Gasteiger partial charge in [-0.2, -0.15) is 0 Å². The summed E-state index contributed by atoms with van der Waals surface area (Å²) in [5, 5.41) is 6.67. The minimum absolute atomic E-state index is 0.00976. The number of phosphoric ester groups is 1. The fourth-order valence-electron chi connectivity index (χ4n) is 6.20. The second-order valence-corrected chi connectivity index (χ2v) is 17.2. The SMILES string of the molecule is COCCOC(=O)NC(C(=O)CC(Cc1ccccc1)C(CN(Cc1ccc(-c2ccccn2)cc1)NC(=O)C(NC(=O)OC)C(C)(C)C)OP(=O)(O)O)C(C)(C)C. The van der Waals surface area contributed by atoms with E-state index in [1.54, 1.807) is 59.9 Å². The molecule has 0 spiro atoms. The summed E-state index contributed by atoms with van der Waals surface area (Å²) in [4.78, 5) is 78.4. The summed E-state index contributed by atoms with van der Waals surface area (Å²) >= 11 is 0. The van der Waals surface area contributed by atoms with Crippen LogP contribution in [-0.4, -0.2) is 95.8 Å². The van der Waals surface area contributed by atoms with Crippen molar-refractivity contribution in [3.8, 4) is 11.3 Å². The zero-order chi connectivity index (χ0) is 43.1. The second kappa shape index (κ2) is 21.9. The lowest BCUT2D eigenvalue weighted by atomic mass is 9.79. The maximum absolute atomic E-state index is 14.3. The lowest BCUT2D eigenvalue weighted by Crippen LogP contribution is -2.58. The summed E-state index contributed by atoms with van der Waals surface area (Å²) in [6.07, 6.45) is -1.53. The molecule has 16 nitrogen and oxygen atoms in total. The Labute approximate surface area is 340 Å². The number of rotatable bonds is 20. The lowest BCUT2D eigenvalue weighted by molar-refractivity contribution is -0.132. The molecule has 1 aromatic heterocycles. The van der Waals surface area contributed by atoms with Gasteiger partial charge in [-0.1, -0.05) is 102 Å². The first kappa shape index (κ1) is 47.7. The number of pyridine rings is 1. The topological polar surface area (TPSA) is 215 Å². The van der Waals surface area contributed by atoms with Gasteiger partial charge in [-0.3, -0.25) is 24.5 Å². The first-order chi connectivity index (χ1) is 27.2. The quantitative estimate of drug-likeness (QED) is 0.0546. The molecule has 4 atom stereocenters. The number of carbonyl (C=O) groups is 4. The van der Waals surface area contributed by atoms with Crippen molar-refractivity contribution < 1.29 is 52.3 Å². The van der Waals surface area contributed by atoms with Gasteiger partial charge in [0.1, 0.15) is 12.6 Å². The fraction of sp³-hybridized carbons (Fsp3) is 0.488. The third-order valence-electron chi connectivity index (χ3n) is 9.11. The number of phosphoric acid groups is 1. The molecule has 4 unspecified atom stereocenters. The Morgan fingerprint density at radius 1 is 0.793 bits per heavy atom. The molecule has 58 heavy (non-hydrogen) atoms. The number of alkyl carbamates (subject to hydrolysis) is 2. The highest BCUT2D eigenvalue weighted by Crippen LogP contribution is 2.41. The number of benzene rings is 2. The number of aromatic nitrogens is 1. The van der Waals surface area contributed by atoms with E-state index in [0.717, 1.165) is 16.8 Å². The van der Waals surface area contributed by atoms with Gasteiger partial charge in [0.2, 0.25) is 0 Å². The molecule has 0 radical (unpaired) electrons. The largest absolute Gasteiger partial charge is 0.469 e. The molecule has 0 saturated heterocycles. The standard InChI is InChI=1S/C41H58N5O11P/c1-40(2,3)35(43-39(50)56-23-22-54-7)33(47)25-31(24-28-14-10-9-11-15-28)34(57-58(51,52)53)27-46(45-37(48)36(41(4,5)6)44-38(49)55-8)26-29-17-19-30(20-18-29)32-16-12-13-21-42-32/h9-21,31,34-36H,22-27H2,1-8H3,(H,43,50)(H,44,49)(H,45,48)(H2,51,52,53). The molecule has 3 rings (SSSR count). The van der Waals surface area contributed by atoms with Gasteiger partial charge in [0.25, 0.3) is 5.91 Å². The Hall–Kier alpha value is -4.70. The zero-order valence-electron chi connectivity index (χ0n) is 34.5. The van der Waals surface area contributed by atoms with E-state index in [1.165, 1.54) is 19.2 Å². The smallest absolute Gasteiger partial charge is 0.453 e. The van der Waals surface area contributed by atoms with Crippen LogP contribution in [0.5, 0.6) is 0 Å². The number of ketones is 1. The van der Waals surface area contributed by atoms with Gasteiger partial charge >= 0.3 is 20.0 Å². The summed E-state index contributed by atoms with van der Waals surface area (Å²) in [5.74, 6) is -1.99. The van der Waals surface area contributed by atoms with Crippen LogP contribution in [0.3, 0.4) is 0 Å². The molecule has 0 aliphatic rings. The molecule has 318 valence electrons. The van der Waals surface area contributed by atoms with Gasteiger partial charge in [-0.25, -0.2) is 19.2 Å². The number of hydrogen-bond donors (Lipinski definition) is 5. The van der Waals surface area contributed by atoms with Crippen molar-refractivity contribution in [2.45, 2.75) is 79.1 Å². The van der Waals surface area contributed by atoms with Gasteiger partial charge in [0.15, 0.2) is 5.78 Å². The molecular formula is C41H58N5O11P. The summed E-state index contributed by atoms with van der Waals surface area (Å²) in [6.45, 7) is 10.4. The Morgan fingerprint density at radius 2 is 1.41 bits per heavy atom. The Morgan fingerprint density at radius 3 is 1.97 bits per heavy atom. The number of amides is 3. The number of hydrogen-bond acceptors (Lipinski definition) is 11. The second-order valence-electron chi connectivity index (χ2n) is 16.0. The third kappa shape index (κ3) is 16.3. The lowest BCUT2D eigenvalue weighted by Gasteiger charge is -2.36. The Kier molecular flexibility index (Phi) is 18.0. The van der Waals surface area contributed by atoms with E-state index in [4.69, 9.17) is 18.7 Å². The van der Waals surface area contributed by atoms with Crippen molar-refractivity contribution in [2.24, 2.45) is 16.7 Å². The predicted molar refractivity (Wildman–Crippen MR) is 217 cm³/mol. The van der Waals surface area contributed by atoms with Crippen LogP contribution in [0.2, 0.25) is 0 Å². The molecule has 0 bridgehead atoms. The van der Waals surface area contributed by atoms with Crippen LogP contribution in [0, 0.1) is 16.7 Å². The number of methoxy groups -OCH3 is 2. The fourth-order valence-corrected chi connectivity index (χ4v) is 6.80. The number of ether oxygens (including phenoxy) is 3. The molecule has 3 aromatic rings. The van der Waals surface area contributed by atoms with E-state index in [2.05, 4.69) is 21.0 Å². The molecule has 2 aromatic carbocycles. The van der Waals surface area contributed by atoms with Gasteiger partial charge in [0, 0.05) is 38.4 Å². The van der Waals surface area contributed by atoms with E-state index < -0.39 is 66.6 Å². The van der Waals surface area contributed by atoms with Crippen LogP contribution in [-0.2, 0) is 45.9 Å². The molecule has 0 aliphatic carbocycles. The van der Waals surface area contributed by atoms with E-state index in [-0.39, 0.29) is 39.1 Å². The predicted octanol–water partition coefficient (Wildman–Crippen LogP) is 5.44. The van der Waals surface area contributed by atoms with E-state index in [1.807, 2.05) is 60.7 Å². The Bertz CT molecular complexity index is 1810. The van der Waals surface area contributed by atoms with Crippen LogP contribution in [0.1, 0.15) is 59.1 Å². The maximum atomic E-state index is 14.3. The van der Waals surface area contributed by atoms with Crippen molar-refractivity contribution in [3.05, 3.63) is 90.1 Å². The average molecular weight is 828 g/mol. The van der Waals surface area contributed by atoms with Crippen molar-refractivity contribution >= 4 is 31.7 Å². The maximum Gasteiger partial charge on any atom is 0.469 e. The molecular weight excluding hydrogens is 769 g/mol. The number of carbonyl (C=O) groups excluding carboxylic acids is 4. The van der Waals surface area contributed by atoms with Gasteiger partial charge in [-0.05, 0) is 46.4 Å². The molecule has 0 aliphatic heterocycles. The number of hydrazine groups is 1. The van der Waals surface area contributed by atoms with Crippen molar-refractivity contribution in [1.29, 1.82) is 0 Å². The summed E-state index contributed by atoms with van der Waals surface area (Å²) in [5.41, 5.74) is 4.26. The Balaban J connectivity index is 2.09. The summed E-state index contributed by atoms with van der Waals surface area (Å²) in [7, 11) is -2.60. The van der Waals surface area contributed by atoms with Crippen LogP contribution in [0.25, 0.3) is 11.3 Å². The van der Waals surface area contributed by atoms with Crippen LogP contribution in [0.4, 0.5) is 9.59 Å². The average Bonchev–Trinajstić information content (AvgIpc) is 3.15. The number of Topliss-reactive ketones (excluding diaryl/α,β-unsaturated/α-hetero) is 1. The highest BCUT2D eigenvalue weighted by atomic mass is 31.2. The number of nitrogens with one attached hydrogen (secondary N) is 3. The first-order valence-electron chi connectivity index (χ1n) is 18.8. The summed E-state index contributed by atoms with van der Waals surface area (Å²) < 4.78 is 33.1. The first-order valence-corrected chi connectivity index (χ1v) is 20.4. The van der Waals surface area contributed by atoms with Crippen molar-refractivity contribution in [1.82, 2.24) is 26.1 Å². The monoisotopic (exact) mass is 827 g/mol. The molecule has 1 heterocycles. The van der Waals surface area contributed by atoms with Gasteiger partial charge in [-0.15, -0.1) is 0 Å². The molecule has 17 heteroatoms. The van der Waals surface area contributed by atoms with Crippen LogP contribution in [0.15, 0.2) is 79.0 Å². The molecule has 0 saturated carbocycles. The van der Waals surface area contributed by atoms with E-state index in [0.29, 0.717) is 5.56 Å². The van der Waals surface area contributed by atoms with Crippen LogP contribution < -0.4 is 16.1 Å². The zero-order valence-corrected chi connectivity index (χ0v) is 35.4. The summed E-state index contributed by atoms with van der Waals surface area (Å²) in [6, 6.07) is 19.8. The van der Waals surface area contributed by atoms with Crippen molar-refractivity contribution in [2.75, 3.05) is 34.0 Å². The van der Waals surface area contributed by atoms with Crippen molar-refractivity contribution in [3.63, 3.8) is 0 Å². The van der Waals surface area contributed by atoms with Crippen LogP contribution >= 0.6 is 7.82 Å². The molecule has 3 amide bonds. The van der Waals surface area contributed by atoms with Gasteiger partial charge in [0.05, 0.1) is 31.6 Å². The van der Waals surface area contributed by atoms with E-state index >= 15 is 0 Å². The molecule has 5 N–H and O–H groups in total. The van der Waals surface area contributed by atoms with E-state index in [9.17, 15) is 33.5 Å². The third-order valence-corrected chi connectivity index (χ3v) is 9.65. The minimum Gasteiger partial charge on any atom is -0.453 e. The normalized spacial score (nSPS) is 14.1. The number of nitrogens with zero attached hydrogens (tertiary/aromatic N) is 2. The molecule has 0 fully saturated rings. The highest BCUT2D eigenvalue weighted by Gasteiger charge is 2.40. The minimum atomic E-state index is -5.23.